The molecule has 0 radical (unpaired) electrons. The zero-order chi connectivity index (χ0) is 12.8. The fraction of sp³-hybridized carbons (Fsp3) is 0.154. The summed E-state index contributed by atoms with van der Waals surface area (Å²) < 4.78 is 10.1. The highest BCUT2D eigenvalue weighted by molar-refractivity contribution is 6.28. The second kappa shape index (κ2) is 6.12. The van der Waals surface area contributed by atoms with Gasteiger partial charge in [-0.2, -0.15) is 0 Å². The van der Waals surface area contributed by atoms with Crippen LogP contribution in [0.25, 0.3) is 0 Å². The molecule has 18 heavy (non-hydrogen) atoms. The summed E-state index contributed by atoms with van der Waals surface area (Å²) in [5.41, 5.74) is 0.939. The fourth-order valence-electron chi connectivity index (χ4n) is 1.38. The minimum Gasteiger partial charge on any atom is -0.448 e. The molecule has 0 saturated carbocycles. The summed E-state index contributed by atoms with van der Waals surface area (Å²) >= 11 is 5.61. The number of alkyl carbamates (subject to hydrolysis) is 1. The molecule has 4 nitrogen and oxygen atoms in total. The summed E-state index contributed by atoms with van der Waals surface area (Å²) in [6, 6.07) is 12.8. The number of hydrogen-bond donors (Lipinski definition) is 1. The number of nitrogens with one attached hydrogen (secondary N) is 1. The number of hydrogen-bond acceptors (Lipinski definition) is 3. The maximum Gasteiger partial charge on any atom is 0.407 e. The Morgan fingerprint density at radius 3 is 2.67 bits per heavy atom. The van der Waals surface area contributed by atoms with Crippen LogP contribution in [-0.4, -0.2) is 6.09 Å². The zero-order valence-electron chi connectivity index (χ0n) is 9.56. The van der Waals surface area contributed by atoms with Gasteiger partial charge in [0.2, 0.25) is 0 Å². The summed E-state index contributed by atoms with van der Waals surface area (Å²) in [7, 11) is 0. The molecule has 2 aromatic rings. The van der Waals surface area contributed by atoms with E-state index in [1.165, 1.54) is 0 Å². The van der Waals surface area contributed by atoms with Crippen LogP contribution in [0.3, 0.4) is 0 Å². The first-order chi connectivity index (χ1) is 8.74. The third-order valence-electron chi connectivity index (χ3n) is 2.25. The average Bonchev–Trinajstić information content (AvgIpc) is 2.81. The number of carbonyl (C=O) groups excluding carboxylic acids is 1. The molecule has 0 bridgehead atoms. The Morgan fingerprint density at radius 2 is 2.00 bits per heavy atom. The molecular weight excluding hydrogens is 254 g/mol. The van der Waals surface area contributed by atoms with Crippen molar-refractivity contribution in [3.63, 3.8) is 0 Å². The van der Waals surface area contributed by atoms with Gasteiger partial charge < -0.3 is 14.5 Å². The molecule has 0 unspecified atom stereocenters. The molecule has 1 aromatic heterocycles. The Labute approximate surface area is 110 Å². The van der Waals surface area contributed by atoms with Crippen molar-refractivity contribution >= 4 is 17.7 Å². The smallest absolute Gasteiger partial charge is 0.407 e. The minimum atomic E-state index is -0.494. The third kappa shape index (κ3) is 3.82. The predicted octanol–water partition coefficient (Wildman–Crippen LogP) is 3.36. The summed E-state index contributed by atoms with van der Waals surface area (Å²) in [5, 5.41) is 2.86. The molecular formula is C13H12ClNO3. The molecule has 1 aromatic carbocycles. The molecule has 0 aliphatic carbocycles. The van der Waals surface area contributed by atoms with E-state index in [2.05, 4.69) is 5.32 Å². The summed E-state index contributed by atoms with van der Waals surface area (Å²) in [6.07, 6.45) is -0.494. The monoisotopic (exact) mass is 265 g/mol. The first kappa shape index (κ1) is 12.5. The molecule has 2 rings (SSSR count). The number of carbonyl (C=O) groups is 1. The standard InChI is InChI=1S/C13H12ClNO3/c14-12-7-6-11(18-12)8-15-13(16)17-9-10-4-2-1-3-5-10/h1-7H,8-9H2,(H,15,16). The largest absolute Gasteiger partial charge is 0.448 e. The molecule has 94 valence electrons. The van der Waals surface area contributed by atoms with Gasteiger partial charge in [0, 0.05) is 0 Å². The SMILES string of the molecule is O=C(NCc1ccc(Cl)o1)OCc1ccccc1. The van der Waals surface area contributed by atoms with Crippen molar-refractivity contribution in [1.29, 1.82) is 0 Å². The minimum absolute atomic E-state index is 0.242. The molecule has 0 saturated heterocycles. The lowest BCUT2D eigenvalue weighted by Crippen LogP contribution is -2.23. The lowest BCUT2D eigenvalue weighted by atomic mass is 10.2. The molecule has 1 heterocycles. The Balaban J connectivity index is 1.73. The van der Waals surface area contributed by atoms with E-state index in [0.29, 0.717) is 11.0 Å². The van der Waals surface area contributed by atoms with Crippen LogP contribution in [0.4, 0.5) is 4.79 Å². The van der Waals surface area contributed by atoms with Gasteiger partial charge in [0.1, 0.15) is 12.4 Å². The van der Waals surface area contributed by atoms with Crippen molar-refractivity contribution < 1.29 is 13.9 Å². The fourth-order valence-corrected chi connectivity index (χ4v) is 1.54. The van der Waals surface area contributed by atoms with Gasteiger partial charge >= 0.3 is 6.09 Å². The third-order valence-corrected chi connectivity index (χ3v) is 2.45. The van der Waals surface area contributed by atoms with E-state index in [0.717, 1.165) is 5.56 Å². The van der Waals surface area contributed by atoms with E-state index in [1.807, 2.05) is 30.3 Å². The van der Waals surface area contributed by atoms with Crippen LogP contribution < -0.4 is 5.32 Å². The van der Waals surface area contributed by atoms with Gasteiger partial charge in [0.15, 0.2) is 5.22 Å². The molecule has 0 fully saturated rings. The van der Waals surface area contributed by atoms with Crippen LogP contribution in [0.2, 0.25) is 5.22 Å². The number of ether oxygens (including phenoxy) is 1. The van der Waals surface area contributed by atoms with Gasteiger partial charge in [0.25, 0.3) is 0 Å². The number of amides is 1. The van der Waals surface area contributed by atoms with Crippen molar-refractivity contribution in [3.05, 3.63) is 59.0 Å². The molecule has 0 aliphatic rings. The molecule has 5 heteroatoms. The van der Waals surface area contributed by atoms with Gasteiger partial charge in [-0.3, -0.25) is 0 Å². The number of furan rings is 1. The second-order valence-electron chi connectivity index (χ2n) is 3.62. The first-order valence-electron chi connectivity index (χ1n) is 5.43. The Morgan fingerprint density at radius 1 is 1.22 bits per heavy atom. The van der Waals surface area contributed by atoms with Crippen molar-refractivity contribution in [1.82, 2.24) is 5.32 Å². The molecule has 1 N–H and O–H groups in total. The zero-order valence-corrected chi connectivity index (χ0v) is 10.3. The first-order valence-corrected chi connectivity index (χ1v) is 5.80. The number of halogens is 1. The average molecular weight is 266 g/mol. The van der Waals surface area contributed by atoms with Gasteiger partial charge in [-0.15, -0.1) is 0 Å². The van der Waals surface area contributed by atoms with Gasteiger partial charge in [-0.1, -0.05) is 30.3 Å². The number of rotatable bonds is 4. The lowest BCUT2D eigenvalue weighted by Gasteiger charge is -2.05. The van der Waals surface area contributed by atoms with Gasteiger partial charge in [-0.25, -0.2) is 4.79 Å². The molecule has 0 atom stereocenters. The van der Waals surface area contributed by atoms with Crippen LogP contribution in [0.15, 0.2) is 46.9 Å². The van der Waals surface area contributed by atoms with Gasteiger partial charge in [-0.05, 0) is 29.3 Å². The van der Waals surface area contributed by atoms with Crippen LogP contribution in [0.5, 0.6) is 0 Å². The Bertz CT molecular complexity index is 510. The van der Waals surface area contributed by atoms with Crippen molar-refractivity contribution in [2.45, 2.75) is 13.2 Å². The van der Waals surface area contributed by atoms with Crippen LogP contribution in [0, 0.1) is 0 Å². The quantitative estimate of drug-likeness (QED) is 0.922. The maximum atomic E-state index is 11.4. The van der Waals surface area contributed by atoms with E-state index in [-0.39, 0.29) is 13.2 Å². The molecule has 0 aliphatic heterocycles. The molecule has 0 spiro atoms. The lowest BCUT2D eigenvalue weighted by molar-refractivity contribution is 0.138. The van der Waals surface area contributed by atoms with E-state index in [1.54, 1.807) is 12.1 Å². The summed E-state index contributed by atoms with van der Waals surface area (Å²) in [5.74, 6) is 0.580. The highest BCUT2D eigenvalue weighted by Crippen LogP contribution is 2.12. The number of benzene rings is 1. The van der Waals surface area contributed by atoms with Crippen LogP contribution in [0.1, 0.15) is 11.3 Å². The van der Waals surface area contributed by atoms with Crippen molar-refractivity contribution in [3.8, 4) is 0 Å². The Hall–Kier alpha value is -1.94. The van der Waals surface area contributed by atoms with E-state index in [9.17, 15) is 4.79 Å². The van der Waals surface area contributed by atoms with Crippen LogP contribution >= 0.6 is 11.6 Å². The van der Waals surface area contributed by atoms with Crippen molar-refractivity contribution in [2.24, 2.45) is 0 Å². The normalized spacial score (nSPS) is 10.1. The second-order valence-corrected chi connectivity index (χ2v) is 3.99. The van der Waals surface area contributed by atoms with Gasteiger partial charge in [0.05, 0.1) is 6.54 Å². The van der Waals surface area contributed by atoms with E-state index < -0.39 is 6.09 Å². The highest BCUT2D eigenvalue weighted by atomic mass is 35.5. The van der Waals surface area contributed by atoms with E-state index >= 15 is 0 Å². The maximum absolute atomic E-state index is 11.4. The summed E-state index contributed by atoms with van der Waals surface area (Å²) in [4.78, 5) is 11.4. The summed E-state index contributed by atoms with van der Waals surface area (Å²) in [6.45, 7) is 0.492. The Kier molecular flexibility index (Phi) is 4.25. The van der Waals surface area contributed by atoms with Crippen molar-refractivity contribution in [2.75, 3.05) is 0 Å². The van der Waals surface area contributed by atoms with E-state index in [4.69, 9.17) is 20.8 Å². The highest BCUT2D eigenvalue weighted by Gasteiger charge is 2.04. The topological polar surface area (TPSA) is 51.5 Å². The van der Waals surface area contributed by atoms with Crippen LogP contribution in [-0.2, 0) is 17.9 Å². The molecule has 1 amide bonds. The predicted molar refractivity (Wildman–Crippen MR) is 67.2 cm³/mol.